The van der Waals surface area contributed by atoms with Crippen LogP contribution in [0.2, 0.25) is 0 Å². The van der Waals surface area contributed by atoms with Gasteiger partial charge in [-0.05, 0) is 29.9 Å². The third kappa shape index (κ3) is 2.95. The summed E-state index contributed by atoms with van der Waals surface area (Å²) in [5.41, 5.74) is 1.37. The summed E-state index contributed by atoms with van der Waals surface area (Å²) in [6.45, 7) is 5.81. The van der Waals surface area contributed by atoms with Crippen molar-refractivity contribution in [2.24, 2.45) is 0 Å². The molecular formula is C18H24N2O. The van der Waals surface area contributed by atoms with Crippen molar-refractivity contribution in [2.45, 2.75) is 19.1 Å². The number of hydrogen-bond donors (Lipinski definition) is 1. The number of benzene rings is 2. The number of nitrogens with one attached hydrogen (secondary N) is 1. The molecule has 2 aromatic carbocycles. The summed E-state index contributed by atoms with van der Waals surface area (Å²) in [4.78, 5) is 2.42. The van der Waals surface area contributed by atoms with E-state index in [1.807, 2.05) is 0 Å². The maximum Gasteiger partial charge on any atom is 0.0896 e. The molecule has 112 valence electrons. The molecule has 0 aromatic heterocycles. The van der Waals surface area contributed by atoms with E-state index in [1.165, 1.54) is 16.3 Å². The third-order valence-electron chi connectivity index (χ3n) is 4.34. The van der Waals surface area contributed by atoms with E-state index in [4.69, 9.17) is 4.74 Å². The smallest absolute Gasteiger partial charge is 0.0896 e. The van der Waals surface area contributed by atoms with Gasteiger partial charge in [0.2, 0.25) is 0 Å². The van der Waals surface area contributed by atoms with Crippen LogP contribution >= 0.6 is 0 Å². The van der Waals surface area contributed by atoms with E-state index in [0.29, 0.717) is 6.04 Å². The minimum atomic E-state index is 0.203. The minimum Gasteiger partial charge on any atom is -0.374 e. The molecule has 3 nitrogen and oxygen atoms in total. The number of nitrogens with zero attached hydrogens (tertiary/aromatic N) is 1. The van der Waals surface area contributed by atoms with Crippen molar-refractivity contribution in [3.8, 4) is 0 Å². The van der Waals surface area contributed by atoms with Crippen molar-refractivity contribution in [2.75, 3.05) is 33.3 Å². The zero-order valence-corrected chi connectivity index (χ0v) is 12.9. The van der Waals surface area contributed by atoms with Crippen molar-refractivity contribution in [3.05, 3.63) is 48.0 Å². The van der Waals surface area contributed by atoms with Gasteiger partial charge in [0.1, 0.15) is 0 Å². The Morgan fingerprint density at radius 1 is 1.19 bits per heavy atom. The summed E-state index contributed by atoms with van der Waals surface area (Å²) >= 11 is 0. The lowest BCUT2D eigenvalue weighted by Gasteiger charge is -2.40. The Hall–Kier alpha value is -1.42. The molecule has 21 heavy (non-hydrogen) atoms. The summed E-state index contributed by atoms with van der Waals surface area (Å²) in [6.07, 6.45) is 0.203. The molecule has 2 unspecified atom stereocenters. The molecule has 0 saturated carbocycles. The molecule has 0 bridgehead atoms. The Balaban J connectivity index is 2.00. The Morgan fingerprint density at radius 3 is 2.86 bits per heavy atom. The molecule has 1 aliphatic heterocycles. The molecule has 3 heteroatoms. The van der Waals surface area contributed by atoms with E-state index >= 15 is 0 Å². The number of morpholine rings is 1. The van der Waals surface area contributed by atoms with Gasteiger partial charge in [0.25, 0.3) is 0 Å². The normalized spacial score (nSPS) is 23.5. The van der Waals surface area contributed by atoms with Gasteiger partial charge in [0.15, 0.2) is 0 Å². The summed E-state index contributed by atoms with van der Waals surface area (Å²) < 4.78 is 6.06. The van der Waals surface area contributed by atoms with Crippen LogP contribution in [0.5, 0.6) is 0 Å². The standard InChI is InChI=1S/C18H24N2O/c1-3-19-13-17-18(20(2)11-12-21-17)16-10-6-8-14-7-4-5-9-15(14)16/h4-10,17-19H,3,11-13H2,1-2H3. The number of rotatable bonds is 4. The van der Waals surface area contributed by atoms with Crippen LogP contribution in [0.4, 0.5) is 0 Å². The molecular weight excluding hydrogens is 260 g/mol. The molecule has 3 rings (SSSR count). The number of likely N-dealkylation sites (N-methyl/N-ethyl adjacent to an activating group) is 2. The monoisotopic (exact) mass is 284 g/mol. The second kappa shape index (κ2) is 6.56. The molecule has 0 spiro atoms. The van der Waals surface area contributed by atoms with Gasteiger partial charge >= 0.3 is 0 Å². The molecule has 1 saturated heterocycles. The molecule has 1 fully saturated rings. The van der Waals surface area contributed by atoms with Gasteiger partial charge in [-0.3, -0.25) is 4.90 Å². The fourth-order valence-electron chi connectivity index (χ4n) is 3.27. The molecule has 1 heterocycles. The highest BCUT2D eigenvalue weighted by molar-refractivity contribution is 5.86. The van der Waals surface area contributed by atoms with Crippen molar-refractivity contribution < 1.29 is 4.74 Å². The van der Waals surface area contributed by atoms with Crippen molar-refractivity contribution >= 4 is 10.8 Å². The first-order valence-corrected chi connectivity index (χ1v) is 7.81. The largest absolute Gasteiger partial charge is 0.374 e. The van der Waals surface area contributed by atoms with Gasteiger partial charge in [-0.25, -0.2) is 0 Å². The molecule has 1 N–H and O–H groups in total. The Morgan fingerprint density at radius 2 is 2.00 bits per heavy atom. The second-order valence-electron chi connectivity index (χ2n) is 5.71. The van der Waals surface area contributed by atoms with Gasteiger partial charge < -0.3 is 10.1 Å². The quantitative estimate of drug-likeness (QED) is 0.934. The Kier molecular flexibility index (Phi) is 4.54. The van der Waals surface area contributed by atoms with Crippen LogP contribution in [-0.4, -0.2) is 44.3 Å². The van der Waals surface area contributed by atoms with Crippen LogP contribution < -0.4 is 5.32 Å². The zero-order valence-electron chi connectivity index (χ0n) is 12.9. The summed E-state index contributed by atoms with van der Waals surface area (Å²) in [7, 11) is 2.20. The molecule has 0 aliphatic carbocycles. The summed E-state index contributed by atoms with van der Waals surface area (Å²) in [5, 5.41) is 6.07. The molecule has 2 aromatic rings. The lowest BCUT2D eigenvalue weighted by molar-refractivity contribution is -0.0607. The van der Waals surface area contributed by atoms with Crippen LogP contribution in [-0.2, 0) is 4.74 Å². The van der Waals surface area contributed by atoms with Crippen molar-refractivity contribution in [1.29, 1.82) is 0 Å². The van der Waals surface area contributed by atoms with Gasteiger partial charge in [-0.15, -0.1) is 0 Å². The first kappa shape index (κ1) is 14.5. The van der Waals surface area contributed by atoms with Gasteiger partial charge in [0, 0.05) is 13.1 Å². The van der Waals surface area contributed by atoms with E-state index in [2.05, 4.69) is 66.7 Å². The first-order valence-electron chi connectivity index (χ1n) is 7.81. The minimum absolute atomic E-state index is 0.203. The number of ether oxygens (including phenoxy) is 1. The highest BCUT2D eigenvalue weighted by Gasteiger charge is 2.31. The van der Waals surface area contributed by atoms with E-state index in [9.17, 15) is 0 Å². The van der Waals surface area contributed by atoms with E-state index in [1.54, 1.807) is 0 Å². The lowest BCUT2D eigenvalue weighted by atomic mass is 9.93. The van der Waals surface area contributed by atoms with E-state index in [0.717, 1.165) is 26.2 Å². The third-order valence-corrected chi connectivity index (χ3v) is 4.34. The Bertz CT molecular complexity index is 593. The average molecular weight is 284 g/mol. The van der Waals surface area contributed by atoms with Gasteiger partial charge in [-0.2, -0.15) is 0 Å². The predicted octanol–water partition coefficient (Wildman–Crippen LogP) is 2.82. The average Bonchev–Trinajstić information content (AvgIpc) is 2.52. The number of fused-ring (bicyclic) bond motifs is 1. The number of hydrogen-bond acceptors (Lipinski definition) is 3. The molecule has 0 radical (unpaired) electrons. The first-order chi connectivity index (χ1) is 10.3. The Labute approximate surface area is 126 Å². The maximum absolute atomic E-state index is 6.06. The lowest BCUT2D eigenvalue weighted by Crippen LogP contribution is -2.47. The van der Waals surface area contributed by atoms with Crippen LogP contribution in [0.1, 0.15) is 18.5 Å². The van der Waals surface area contributed by atoms with Gasteiger partial charge in [-0.1, -0.05) is 49.4 Å². The van der Waals surface area contributed by atoms with Crippen LogP contribution in [0, 0.1) is 0 Å². The predicted molar refractivity (Wildman–Crippen MR) is 87.6 cm³/mol. The molecule has 2 atom stereocenters. The SMILES string of the molecule is CCNCC1OCCN(C)C1c1cccc2ccccc12. The maximum atomic E-state index is 6.06. The second-order valence-corrected chi connectivity index (χ2v) is 5.71. The van der Waals surface area contributed by atoms with E-state index < -0.39 is 0 Å². The van der Waals surface area contributed by atoms with Crippen molar-refractivity contribution in [1.82, 2.24) is 10.2 Å². The topological polar surface area (TPSA) is 24.5 Å². The van der Waals surface area contributed by atoms with Crippen LogP contribution in [0.25, 0.3) is 10.8 Å². The summed E-state index contributed by atoms with van der Waals surface area (Å²) in [5.74, 6) is 0. The van der Waals surface area contributed by atoms with Crippen LogP contribution in [0.15, 0.2) is 42.5 Å². The van der Waals surface area contributed by atoms with Crippen molar-refractivity contribution in [3.63, 3.8) is 0 Å². The van der Waals surface area contributed by atoms with Crippen LogP contribution in [0.3, 0.4) is 0 Å². The fraction of sp³-hybridized carbons (Fsp3) is 0.444. The molecule has 0 amide bonds. The van der Waals surface area contributed by atoms with Gasteiger partial charge in [0.05, 0.1) is 18.8 Å². The fourth-order valence-corrected chi connectivity index (χ4v) is 3.27. The highest BCUT2D eigenvalue weighted by Crippen LogP contribution is 2.33. The molecule has 1 aliphatic rings. The zero-order chi connectivity index (χ0) is 14.7. The van der Waals surface area contributed by atoms with E-state index in [-0.39, 0.29) is 6.10 Å². The highest BCUT2D eigenvalue weighted by atomic mass is 16.5. The summed E-state index contributed by atoms with van der Waals surface area (Å²) in [6, 6.07) is 15.5.